The second-order valence-corrected chi connectivity index (χ2v) is 5.42. The van der Waals surface area contributed by atoms with E-state index < -0.39 is 11.7 Å². The van der Waals surface area contributed by atoms with Crippen LogP contribution in [0.5, 0.6) is 0 Å². The Hall–Kier alpha value is -1.76. The van der Waals surface area contributed by atoms with E-state index in [-0.39, 0.29) is 11.9 Å². The summed E-state index contributed by atoms with van der Waals surface area (Å²) in [6, 6.07) is 0. The van der Waals surface area contributed by atoms with Gasteiger partial charge in [0.1, 0.15) is 0 Å². The Morgan fingerprint density at radius 2 is 1.81 bits per heavy atom. The number of allylic oxidation sites excluding steroid dienone is 2. The minimum atomic E-state index is -0.870. The minimum Gasteiger partial charge on any atom is -0.449 e. The lowest BCUT2D eigenvalue weighted by atomic mass is 9.99. The third kappa shape index (κ3) is 9.73. The van der Waals surface area contributed by atoms with Crippen LogP contribution < -0.4 is 0 Å². The number of carbonyl (C=O) groups excluding carboxylic acids is 2. The number of hydrogen-bond acceptors (Lipinski definition) is 4. The second kappa shape index (κ2) is 9.23. The van der Waals surface area contributed by atoms with Crippen molar-refractivity contribution in [2.75, 3.05) is 0 Å². The molecule has 0 spiro atoms. The highest BCUT2D eigenvalue weighted by Crippen LogP contribution is 2.18. The molecule has 0 amide bonds. The molecular formula is C17H26O4. The first kappa shape index (κ1) is 19.2. The molecule has 0 rings (SSSR count). The molecule has 0 N–H and O–H groups in total. The molecule has 0 bridgehead atoms. The molecule has 0 fully saturated rings. The highest BCUT2D eigenvalue weighted by atomic mass is 16.6. The normalized spacial score (nSPS) is 14.0. The van der Waals surface area contributed by atoms with Crippen molar-refractivity contribution in [3.63, 3.8) is 0 Å². The molecular weight excluding hydrogens is 268 g/mol. The Labute approximate surface area is 127 Å². The first-order chi connectivity index (χ1) is 9.68. The summed E-state index contributed by atoms with van der Waals surface area (Å²) in [4.78, 5) is 22.2. The minimum absolute atomic E-state index is 0.366. The van der Waals surface area contributed by atoms with E-state index in [1.54, 1.807) is 6.92 Å². The first-order valence-electron chi connectivity index (χ1n) is 7.21. The van der Waals surface area contributed by atoms with Gasteiger partial charge in [-0.25, -0.2) is 0 Å². The summed E-state index contributed by atoms with van der Waals surface area (Å²) >= 11 is 0. The van der Waals surface area contributed by atoms with E-state index in [1.165, 1.54) is 19.4 Å². The average molecular weight is 294 g/mol. The van der Waals surface area contributed by atoms with Gasteiger partial charge in [0.25, 0.3) is 0 Å². The van der Waals surface area contributed by atoms with Crippen LogP contribution in [0.1, 0.15) is 60.8 Å². The highest BCUT2D eigenvalue weighted by molar-refractivity contribution is 5.67. The Morgan fingerprint density at radius 1 is 1.19 bits per heavy atom. The van der Waals surface area contributed by atoms with Crippen molar-refractivity contribution in [1.29, 1.82) is 0 Å². The summed E-state index contributed by atoms with van der Waals surface area (Å²) in [6.07, 6.45) is 3.57. The Balaban J connectivity index is 5.00. The molecule has 4 heteroatoms. The van der Waals surface area contributed by atoms with E-state index >= 15 is 0 Å². The molecule has 0 saturated heterocycles. The summed E-state index contributed by atoms with van der Waals surface area (Å²) in [7, 11) is 0. The molecule has 0 unspecified atom stereocenters. The van der Waals surface area contributed by atoms with Crippen molar-refractivity contribution in [2.24, 2.45) is 0 Å². The summed E-state index contributed by atoms with van der Waals surface area (Å²) < 4.78 is 10.4. The van der Waals surface area contributed by atoms with Crippen molar-refractivity contribution in [1.82, 2.24) is 0 Å². The molecule has 0 heterocycles. The van der Waals surface area contributed by atoms with Gasteiger partial charge < -0.3 is 9.47 Å². The Kier molecular flexibility index (Phi) is 8.45. The van der Waals surface area contributed by atoms with Crippen LogP contribution in [0.2, 0.25) is 0 Å². The number of rotatable bonds is 6. The van der Waals surface area contributed by atoms with Crippen molar-refractivity contribution < 1.29 is 19.1 Å². The van der Waals surface area contributed by atoms with Crippen molar-refractivity contribution in [3.8, 4) is 11.8 Å². The van der Waals surface area contributed by atoms with E-state index in [2.05, 4.69) is 17.9 Å². The standard InChI is InChI=1S/C17H26O4/c1-7-16(20-14(4)18)10-12-17(6,21-15(5)19)11-8-9-13(2)3/h9,16H,7-8,11H2,1-6H3/t16-,17+/m1/s1. The monoisotopic (exact) mass is 294 g/mol. The average Bonchev–Trinajstić information content (AvgIpc) is 2.32. The zero-order valence-electron chi connectivity index (χ0n) is 13.9. The van der Waals surface area contributed by atoms with E-state index in [1.807, 2.05) is 20.8 Å². The third-order valence-corrected chi connectivity index (χ3v) is 2.72. The Bertz CT molecular complexity index is 449. The van der Waals surface area contributed by atoms with Crippen LogP contribution >= 0.6 is 0 Å². The maximum Gasteiger partial charge on any atom is 0.304 e. The van der Waals surface area contributed by atoms with E-state index in [0.29, 0.717) is 12.8 Å². The van der Waals surface area contributed by atoms with E-state index in [9.17, 15) is 9.59 Å². The SMILES string of the molecule is CC[C@H](C#C[C@](C)(CCC=C(C)C)OC(C)=O)OC(C)=O. The summed E-state index contributed by atoms with van der Waals surface area (Å²) in [5.41, 5.74) is 0.338. The largest absolute Gasteiger partial charge is 0.449 e. The van der Waals surface area contributed by atoms with Gasteiger partial charge in [0.2, 0.25) is 0 Å². The molecule has 2 atom stereocenters. The molecule has 118 valence electrons. The fourth-order valence-corrected chi connectivity index (χ4v) is 1.74. The van der Waals surface area contributed by atoms with Crippen LogP contribution in [0.25, 0.3) is 0 Å². The maximum atomic E-state index is 11.3. The van der Waals surface area contributed by atoms with Gasteiger partial charge in [-0.2, -0.15) is 0 Å². The van der Waals surface area contributed by atoms with Crippen LogP contribution in [0, 0.1) is 11.8 Å². The quantitative estimate of drug-likeness (QED) is 0.428. The number of hydrogen-bond donors (Lipinski definition) is 0. The third-order valence-electron chi connectivity index (χ3n) is 2.72. The predicted molar refractivity (Wildman–Crippen MR) is 82.5 cm³/mol. The van der Waals surface area contributed by atoms with Crippen molar-refractivity contribution in [2.45, 2.75) is 72.5 Å². The van der Waals surface area contributed by atoms with Crippen molar-refractivity contribution in [3.05, 3.63) is 11.6 Å². The molecule has 21 heavy (non-hydrogen) atoms. The fraction of sp³-hybridized carbons (Fsp3) is 0.647. The molecule has 0 aromatic carbocycles. The van der Waals surface area contributed by atoms with E-state index in [4.69, 9.17) is 9.47 Å². The number of esters is 2. The van der Waals surface area contributed by atoms with Gasteiger partial charge in [-0.1, -0.05) is 30.4 Å². The lowest BCUT2D eigenvalue weighted by Crippen LogP contribution is -2.29. The van der Waals surface area contributed by atoms with Crippen LogP contribution in [0.4, 0.5) is 0 Å². The topological polar surface area (TPSA) is 52.6 Å². The second-order valence-electron chi connectivity index (χ2n) is 5.42. The van der Waals surface area contributed by atoms with Gasteiger partial charge >= 0.3 is 11.9 Å². The molecule has 0 aromatic heterocycles. The van der Waals surface area contributed by atoms with Gasteiger partial charge in [0, 0.05) is 20.3 Å². The molecule has 0 radical (unpaired) electrons. The van der Waals surface area contributed by atoms with Gasteiger partial charge in [0.15, 0.2) is 11.7 Å². The molecule has 4 nitrogen and oxygen atoms in total. The summed E-state index contributed by atoms with van der Waals surface area (Å²) in [5, 5.41) is 0. The first-order valence-corrected chi connectivity index (χ1v) is 7.21. The van der Waals surface area contributed by atoms with Crippen LogP contribution in [0.15, 0.2) is 11.6 Å². The number of carbonyl (C=O) groups is 2. The number of ether oxygens (including phenoxy) is 2. The molecule has 0 aliphatic carbocycles. The van der Waals surface area contributed by atoms with Gasteiger partial charge in [-0.05, 0) is 33.6 Å². The van der Waals surface area contributed by atoms with Gasteiger partial charge in [-0.15, -0.1) is 0 Å². The maximum absolute atomic E-state index is 11.3. The van der Waals surface area contributed by atoms with Crippen LogP contribution in [-0.4, -0.2) is 23.6 Å². The Morgan fingerprint density at radius 3 is 2.24 bits per heavy atom. The van der Waals surface area contributed by atoms with Gasteiger partial charge in [-0.3, -0.25) is 9.59 Å². The lowest BCUT2D eigenvalue weighted by Gasteiger charge is -2.23. The smallest absolute Gasteiger partial charge is 0.304 e. The predicted octanol–water partition coefficient (Wildman–Crippen LogP) is 3.40. The highest BCUT2D eigenvalue weighted by Gasteiger charge is 2.24. The molecule has 0 aliphatic heterocycles. The molecule has 0 aliphatic rings. The van der Waals surface area contributed by atoms with Crippen molar-refractivity contribution >= 4 is 11.9 Å². The molecule has 0 aromatic rings. The van der Waals surface area contributed by atoms with Gasteiger partial charge in [0.05, 0.1) is 0 Å². The van der Waals surface area contributed by atoms with E-state index in [0.717, 1.165) is 6.42 Å². The fourth-order valence-electron chi connectivity index (χ4n) is 1.74. The molecule has 0 saturated carbocycles. The summed E-state index contributed by atoms with van der Waals surface area (Å²) in [5.74, 6) is 5.12. The lowest BCUT2D eigenvalue weighted by molar-refractivity contribution is -0.151. The van der Waals surface area contributed by atoms with Crippen LogP contribution in [-0.2, 0) is 19.1 Å². The zero-order chi connectivity index (χ0) is 16.5. The van der Waals surface area contributed by atoms with Crippen LogP contribution in [0.3, 0.4) is 0 Å². The zero-order valence-corrected chi connectivity index (χ0v) is 13.9. The summed E-state index contributed by atoms with van der Waals surface area (Å²) in [6.45, 7) is 10.4.